The monoisotopic (exact) mass is 439 g/mol. The number of carboxylic acids is 1. The first-order valence-electron chi connectivity index (χ1n) is 9.47. The lowest BCUT2D eigenvalue weighted by molar-refractivity contribution is -0.153. The van der Waals surface area contributed by atoms with Crippen LogP contribution in [0, 0.1) is 0 Å². The molecule has 0 heterocycles. The fraction of sp³-hybridized carbons (Fsp3) is 0.364. The Balaban J connectivity index is 2.13. The predicted molar refractivity (Wildman–Crippen MR) is 108 cm³/mol. The molecule has 0 radical (unpaired) electrons. The summed E-state index contributed by atoms with van der Waals surface area (Å²) in [6, 6.07) is 10.1. The number of halogens is 3. The Morgan fingerprint density at radius 3 is 2.52 bits per heavy atom. The van der Waals surface area contributed by atoms with Gasteiger partial charge in [0.2, 0.25) is 0 Å². The van der Waals surface area contributed by atoms with E-state index in [1.54, 1.807) is 32.0 Å². The number of carboxylic acid groups (broad SMARTS) is 1. The SMILES string of the molecule is COc1ccc(CC(OC(C)C)C(=O)O)cc1/C=N/OCc1ccccc1C(F)(F)F. The van der Waals surface area contributed by atoms with Gasteiger partial charge in [-0.1, -0.05) is 29.4 Å². The van der Waals surface area contributed by atoms with Crippen molar-refractivity contribution in [3.8, 4) is 5.75 Å². The zero-order valence-corrected chi connectivity index (χ0v) is 17.3. The van der Waals surface area contributed by atoms with Crippen LogP contribution in [0.1, 0.15) is 36.1 Å². The third-order valence-corrected chi connectivity index (χ3v) is 4.24. The second-order valence-electron chi connectivity index (χ2n) is 6.95. The fourth-order valence-electron chi connectivity index (χ4n) is 2.87. The molecule has 0 bridgehead atoms. The van der Waals surface area contributed by atoms with Gasteiger partial charge in [0.15, 0.2) is 6.10 Å². The molecule has 1 unspecified atom stereocenters. The second kappa shape index (κ2) is 10.8. The number of hydrogen-bond acceptors (Lipinski definition) is 5. The highest BCUT2D eigenvalue weighted by atomic mass is 19.4. The van der Waals surface area contributed by atoms with Gasteiger partial charge >= 0.3 is 12.1 Å². The quantitative estimate of drug-likeness (QED) is 0.430. The van der Waals surface area contributed by atoms with E-state index >= 15 is 0 Å². The highest BCUT2D eigenvalue weighted by molar-refractivity contribution is 5.83. The molecule has 0 amide bonds. The van der Waals surface area contributed by atoms with Gasteiger partial charge in [-0.2, -0.15) is 13.2 Å². The number of nitrogens with zero attached hydrogens (tertiary/aromatic N) is 1. The summed E-state index contributed by atoms with van der Waals surface area (Å²) in [6.45, 7) is 3.13. The van der Waals surface area contributed by atoms with Gasteiger partial charge in [-0.15, -0.1) is 0 Å². The molecule has 0 aliphatic carbocycles. The summed E-state index contributed by atoms with van der Waals surface area (Å²) < 4.78 is 49.8. The van der Waals surface area contributed by atoms with Crippen LogP contribution >= 0.6 is 0 Å². The third kappa shape index (κ3) is 7.29. The summed E-state index contributed by atoms with van der Waals surface area (Å²) in [6.07, 6.45) is -4.34. The Hall–Kier alpha value is -3.07. The molecular weight excluding hydrogens is 415 g/mol. The molecule has 2 rings (SSSR count). The molecule has 0 aliphatic heterocycles. The topological polar surface area (TPSA) is 77.4 Å². The number of carbonyl (C=O) groups is 1. The van der Waals surface area contributed by atoms with Crippen molar-refractivity contribution in [2.45, 2.75) is 45.3 Å². The van der Waals surface area contributed by atoms with Crippen LogP contribution < -0.4 is 4.74 Å². The highest BCUT2D eigenvalue weighted by Crippen LogP contribution is 2.32. The smallest absolute Gasteiger partial charge is 0.416 e. The Labute approximate surface area is 178 Å². The number of rotatable bonds is 10. The Bertz CT molecular complexity index is 912. The van der Waals surface area contributed by atoms with Gasteiger partial charge < -0.3 is 19.4 Å². The second-order valence-corrected chi connectivity index (χ2v) is 6.95. The summed E-state index contributed by atoms with van der Waals surface area (Å²) >= 11 is 0. The van der Waals surface area contributed by atoms with Crippen LogP contribution in [0.4, 0.5) is 13.2 Å². The van der Waals surface area contributed by atoms with Crippen molar-refractivity contribution < 1.29 is 37.4 Å². The number of aliphatic carboxylic acids is 1. The number of ether oxygens (including phenoxy) is 2. The number of hydrogen-bond donors (Lipinski definition) is 1. The van der Waals surface area contributed by atoms with E-state index in [9.17, 15) is 23.1 Å². The molecule has 0 spiro atoms. The van der Waals surface area contributed by atoms with Crippen molar-refractivity contribution in [3.63, 3.8) is 0 Å². The lowest BCUT2D eigenvalue weighted by Crippen LogP contribution is -2.29. The van der Waals surface area contributed by atoms with Crippen molar-refractivity contribution >= 4 is 12.2 Å². The average molecular weight is 439 g/mol. The molecule has 0 saturated carbocycles. The Kier molecular flexibility index (Phi) is 8.44. The van der Waals surface area contributed by atoms with Gasteiger partial charge in [0.05, 0.1) is 25.0 Å². The van der Waals surface area contributed by atoms with E-state index in [1.165, 1.54) is 31.5 Å². The molecule has 1 N–H and O–H groups in total. The molecule has 2 aromatic rings. The van der Waals surface area contributed by atoms with Crippen molar-refractivity contribution in [3.05, 3.63) is 64.7 Å². The van der Waals surface area contributed by atoms with Crippen LogP contribution in [0.2, 0.25) is 0 Å². The van der Waals surface area contributed by atoms with Crippen LogP contribution in [0.5, 0.6) is 5.75 Å². The standard InChI is InChI=1S/C22H24F3NO5/c1-14(2)31-20(21(27)28)11-15-8-9-19(29-3)17(10-15)12-26-30-13-16-6-4-5-7-18(16)22(23,24)25/h4-10,12,14,20H,11,13H2,1-3H3,(H,27,28)/b26-12+. The zero-order chi connectivity index (χ0) is 23.0. The van der Waals surface area contributed by atoms with E-state index in [0.717, 1.165) is 6.07 Å². The molecule has 168 valence electrons. The van der Waals surface area contributed by atoms with Crippen molar-refractivity contribution in [2.24, 2.45) is 5.16 Å². The predicted octanol–water partition coefficient (Wildman–Crippen LogP) is 4.69. The molecule has 0 fully saturated rings. The van der Waals surface area contributed by atoms with E-state index in [1.807, 2.05) is 0 Å². The molecule has 6 nitrogen and oxygen atoms in total. The Morgan fingerprint density at radius 2 is 1.90 bits per heavy atom. The minimum Gasteiger partial charge on any atom is -0.496 e. The van der Waals surface area contributed by atoms with Crippen LogP contribution in [0.3, 0.4) is 0 Å². The number of benzene rings is 2. The molecule has 31 heavy (non-hydrogen) atoms. The fourth-order valence-corrected chi connectivity index (χ4v) is 2.87. The van der Waals surface area contributed by atoms with Gasteiger partial charge in [0, 0.05) is 17.5 Å². The lowest BCUT2D eigenvalue weighted by Gasteiger charge is -2.17. The molecule has 2 aromatic carbocycles. The average Bonchev–Trinajstić information content (AvgIpc) is 2.70. The van der Waals surface area contributed by atoms with Crippen LogP contribution in [0.15, 0.2) is 47.6 Å². The molecule has 0 aliphatic rings. The normalized spacial score (nSPS) is 12.9. The first kappa shape index (κ1) is 24.2. The number of alkyl halides is 3. The highest BCUT2D eigenvalue weighted by Gasteiger charge is 2.33. The maximum absolute atomic E-state index is 13.0. The van der Waals surface area contributed by atoms with Crippen molar-refractivity contribution in [2.75, 3.05) is 7.11 Å². The maximum atomic E-state index is 13.0. The van der Waals surface area contributed by atoms with Gasteiger partial charge in [0.25, 0.3) is 0 Å². The Morgan fingerprint density at radius 1 is 1.19 bits per heavy atom. The van der Waals surface area contributed by atoms with Gasteiger partial charge in [-0.05, 0) is 37.6 Å². The van der Waals surface area contributed by atoms with E-state index in [2.05, 4.69) is 5.16 Å². The van der Waals surface area contributed by atoms with Gasteiger partial charge in [0.1, 0.15) is 12.4 Å². The third-order valence-electron chi connectivity index (χ3n) is 4.24. The molecule has 1 atom stereocenters. The number of oxime groups is 1. The largest absolute Gasteiger partial charge is 0.496 e. The van der Waals surface area contributed by atoms with Crippen LogP contribution in [-0.2, 0) is 33.6 Å². The summed E-state index contributed by atoms with van der Waals surface area (Å²) in [5.41, 5.74) is 0.327. The lowest BCUT2D eigenvalue weighted by atomic mass is 10.0. The van der Waals surface area contributed by atoms with Crippen molar-refractivity contribution in [1.29, 1.82) is 0 Å². The first-order valence-corrected chi connectivity index (χ1v) is 9.47. The minimum atomic E-state index is -4.49. The van der Waals surface area contributed by atoms with Crippen molar-refractivity contribution in [1.82, 2.24) is 0 Å². The first-order chi connectivity index (χ1) is 14.6. The molecular formula is C22H24F3NO5. The van der Waals surface area contributed by atoms with E-state index in [-0.39, 0.29) is 24.7 Å². The van der Waals surface area contributed by atoms with Gasteiger partial charge in [-0.25, -0.2) is 4.79 Å². The molecule has 9 heteroatoms. The summed E-state index contributed by atoms with van der Waals surface area (Å²) in [5.74, 6) is -0.630. The van der Waals surface area contributed by atoms with Crippen LogP contribution in [-0.4, -0.2) is 36.6 Å². The van der Waals surface area contributed by atoms with E-state index in [4.69, 9.17) is 14.3 Å². The minimum absolute atomic E-state index is 0.0389. The zero-order valence-electron chi connectivity index (χ0n) is 17.3. The number of methoxy groups -OCH3 is 1. The van der Waals surface area contributed by atoms with E-state index in [0.29, 0.717) is 16.9 Å². The maximum Gasteiger partial charge on any atom is 0.416 e. The summed E-state index contributed by atoms with van der Waals surface area (Å²) in [4.78, 5) is 16.5. The van der Waals surface area contributed by atoms with Gasteiger partial charge in [-0.3, -0.25) is 0 Å². The van der Waals surface area contributed by atoms with E-state index < -0.39 is 23.8 Å². The molecule has 0 aromatic heterocycles. The van der Waals surface area contributed by atoms with Crippen LogP contribution in [0.25, 0.3) is 0 Å². The molecule has 0 saturated heterocycles. The summed E-state index contributed by atoms with van der Waals surface area (Å²) in [5, 5.41) is 13.1. The summed E-state index contributed by atoms with van der Waals surface area (Å²) in [7, 11) is 1.45.